The summed E-state index contributed by atoms with van der Waals surface area (Å²) in [6, 6.07) is 2.13. The summed E-state index contributed by atoms with van der Waals surface area (Å²) < 4.78 is 6.80. The lowest BCUT2D eigenvalue weighted by molar-refractivity contribution is 0.151. The van der Waals surface area contributed by atoms with Gasteiger partial charge in [0.05, 0.1) is 6.61 Å². The molecule has 0 aliphatic carbocycles. The van der Waals surface area contributed by atoms with Crippen LogP contribution in [0.3, 0.4) is 0 Å². The maximum atomic E-state index is 5.55. The standard InChI is InChI=1S/C11H16BrNOS/c1-13-7-11(3-4-14-8-11)6-10-9(12)2-5-15-10/h2,5,13H,3-4,6-8H2,1H3. The molecule has 0 bridgehead atoms. The van der Waals surface area contributed by atoms with E-state index in [2.05, 4.69) is 32.7 Å². The fraction of sp³-hybridized carbons (Fsp3) is 0.636. The fourth-order valence-electron chi connectivity index (χ4n) is 2.16. The maximum Gasteiger partial charge on any atom is 0.0538 e. The molecule has 0 spiro atoms. The quantitative estimate of drug-likeness (QED) is 0.920. The van der Waals surface area contributed by atoms with Crippen molar-refractivity contribution in [2.24, 2.45) is 5.41 Å². The lowest BCUT2D eigenvalue weighted by Gasteiger charge is -2.26. The molecule has 0 aromatic carbocycles. The summed E-state index contributed by atoms with van der Waals surface area (Å²) in [5, 5.41) is 5.43. The van der Waals surface area contributed by atoms with Crippen molar-refractivity contribution in [3.05, 3.63) is 20.8 Å². The van der Waals surface area contributed by atoms with Crippen molar-refractivity contribution in [3.8, 4) is 0 Å². The molecule has 4 heteroatoms. The third-order valence-corrected chi connectivity index (χ3v) is 4.89. The zero-order valence-corrected chi connectivity index (χ0v) is 11.3. The van der Waals surface area contributed by atoms with E-state index in [1.54, 1.807) is 0 Å². The van der Waals surface area contributed by atoms with Crippen LogP contribution >= 0.6 is 27.3 Å². The van der Waals surface area contributed by atoms with E-state index in [1.807, 2.05) is 18.4 Å². The van der Waals surface area contributed by atoms with E-state index in [1.165, 1.54) is 9.35 Å². The fourth-order valence-corrected chi connectivity index (χ4v) is 3.82. The van der Waals surface area contributed by atoms with Gasteiger partial charge in [-0.25, -0.2) is 0 Å². The van der Waals surface area contributed by atoms with Crippen molar-refractivity contribution >= 4 is 27.3 Å². The Hall–Kier alpha value is 0.1000. The first-order valence-electron chi connectivity index (χ1n) is 5.20. The Balaban J connectivity index is 2.10. The van der Waals surface area contributed by atoms with Gasteiger partial charge in [-0.2, -0.15) is 0 Å². The second kappa shape index (κ2) is 4.95. The molecule has 2 nitrogen and oxygen atoms in total. The molecule has 1 fully saturated rings. The molecular formula is C11H16BrNOS. The topological polar surface area (TPSA) is 21.3 Å². The molecule has 1 aliphatic heterocycles. The third-order valence-electron chi connectivity index (χ3n) is 2.96. The van der Waals surface area contributed by atoms with Gasteiger partial charge < -0.3 is 10.1 Å². The summed E-state index contributed by atoms with van der Waals surface area (Å²) in [6.45, 7) is 2.83. The molecule has 15 heavy (non-hydrogen) atoms. The van der Waals surface area contributed by atoms with E-state index >= 15 is 0 Å². The molecule has 1 aromatic rings. The first-order chi connectivity index (χ1) is 7.26. The zero-order valence-electron chi connectivity index (χ0n) is 8.88. The molecule has 0 amide bonds. The summed E-state index contributed by atoms with van der Waals surface area (Å²) in [6.07, 6.45) is 2.28. The Labute approximate surface area is 103 Å². The van der Waals surface area contributed by atoms with Crippen molar-refractivity contribution in [1.82, 2.24) is 5.32 Å². The molecule has 2 rings (SSSR count). The van der Waals surface area contributed by atoms with Crippen LogP contribution < -0.4 is 5.32 Å². The molecule has 2 heterocycles. The molecule has 1 aromatic heterocycles. The van der Waals surface area contributed by atoms with Gasteiger partial charge in [-0.15, -0.1) is 11.3 Å². The minimum absolute atomic E-state index is 0.308. The van der Waals surface area contributed by atoms with Gasteiger partial charge in [0.15, 0.2) is 0 Å². The van der Waals surface area contributed by atoms with E-state index in [0.717, 1.165) is 32.6 Å². The van der Waals surface area contributed by atoms with Gasteiger partial charge >= 0.3 is 0 Å². The van der Waals surface area contributed by atoms with Gasteiger partial charge in [0, 0.05) is 27.9 Å². The highest BCUT2D eigenvalue weighted by atomic mass is 79.9. The zero-order chi connectivity index (χ0) is 10.7. The number of ether oxygens (including phenoxy) is 1. The van der Waals surface area contributed by atoms with Crippen LogP contribution in [0.1, 0.15) is 11.3 Å². The van der Waals surface area contributed by atoms with Crippen molar-refractivity contribution in [1.29, 1.82) is 0 Å². The summed E-state index contributed by atoms with van der Waals surface area (Å²) in [5.41, 5.74) is 0.308. The minimum atomic E-state index is 0.308. The van der Waals surface area contributed by atoms with Gasteiger partial charge in [-0.3, -0.25) is 0 Å². The Kier molecular flexibility index (Phi) is 3.83. The number of hydrogen-bond acceptors (Lipinski definition) is 3. The van der Waals surface area contributed by atoms with Crippen LogP contribution in [0.25, 0.3) is 0 Å². The van der Waals surface area contributed by atoms with Crippen molar-refractivity contribution in [2.75, 3.05) is 26.8 Å². The van der Waals surface area contributed by atoms with Crippen LogP contribution in [0, 0.1) is 5.41 Å². The summed E-state index contributed by atoms with van der Waals surface area (Å²) in [4.78, 5) is 1.44. The van der Waals surface area contributed by atoms with E-state index in [-0.39, 0.29) is 0 Å². The van der Waals surface area contributed by atoms with Gasteiger partial charge in [-0.1, -0.05) is 0 Å². The predicted molar refractivity (Wildman–Crippen MR) is 67.5 cm³/mol. The van der Waals surface area contributed by atoms with Crippen molar-refractivity contribution in [2.45, 2.75) is 12.8 Å². The van der Waals surface area contributed by atoms with Crippen LogP contribution in [0.4, 0.5) is 0 Å². The number of nitrogens with one attached hydrogen (secondary N) is 1. The van der Waals surface area contributed by atoms with Gasteiger partial charge in [0.25, 0.3) is 0 Å². The normalized spacial score (nSPS) is 26.0. The monoisotopic (exact) mass is 289 g/mol. The third kappa shape index (κ3) is 2.61. The van der Waals surface area contributed by atoms with Gasteiger partial charge in [0.1, 0.15) is 0 Å². The van der Waals surface area contributed by atoms with E-state index < -0.39 is 0 Å². The highest BCUT2D eigenvalue weighted by molar-refractivity contribution is 9.10. The predicted octanol–water partition coefficient (Wildman–Crippen LogP) is 2.68. The first-order valence-corrected chi connectivity index (χ1v) is 6.87. The number of thiophene rings is 1. The van der Waals surface area contributed by atoms with E-state index in [9.17, 15) is 0 Å². The molecule has 84 valence electrons. The largest absolute Gasteiger partial charge is 0.381 e. The summed E-state index contributed by atoms with van der Waals surface area (Å²) in [7, 11) is 2.02. The Morgan fingerprint density at radius 3 is 3.07 bits per heavy atom. The highest BCUT2D eigenvalue weighted by Crippen LogP contribution is 2.36. The molecule has 1 saturated heterocycles. The van der Waals surface area contributed by atoms with Gasteiger partial charge in [-0.05, 0) is 47.3 Å². The lowest BCUT2D eigenvalue weighted by atomic mass is 9.83. The molecule has 1 atom stereocenters. The van der Waals surface area contributed by atoms with Crippen molar-refractivity contribution in [3.63, 3.8) is 0 Å². The Morgan fingerprint density at radius 2 is 2.53 bits per heavy atom. The van der Waals surface area contributed by atoms with Crippen LogP contribution in [0.5, 0.6) is 0 Å². The molecule has 0 radical (unpaired) electrons. The average Bonchev–Trinajstić information content (AvgIpc) is 2.79. The second-order valence-electron chi connectivity index (χ2n) is 4.20. The average molecular weight is 290 g/mol. The Bertz CT molecular complexity index is 320. The SMILES string of the molecule is CNCC1(Cc2sccc2Br)CCOC1. The molecule has 0 saturated carbocycles. The maximum absolute atomic E-state index is 5.55. The second-order valence-corrected chi connectivity index (χ2v) is 6.06. The molecule has 1 aliphatic rings. The van der Waals surface area contributed by atoms with Crippen molar-refractivity contribution < 1.29 is 4.74 Å². The summed E-state index contributed by atoms with van der Waals surface area (Å²) in [5.74, 6) is 0. The van der Waals surface area contributed by atoms with Gasteiger partial charge in [0.2, 0.25) is 0 Å². The summed E-state index contributed by atoms with van der Waals surface area (Å²) >= 11 is 5.43. The van der Waals surface area contributed by atoms with E-state index in [4.69, 9.17) is 4.74 Å². The molecule has 1 unspecified atom stereocenters. The molecular weight excluding hydrogens is 274 g/mol. The smallest absolute Gasteiger partial charge is 0.0538 e. The lowest BCUT2D eigenvalue weighted by Crippen LogP contribution is -2.35. The highest BCUT2D eigenvalue weighted by Gasteiger charge is 2.35. The minimum Gasteiger partial charge on any atom is -0.381 e. The van der Waals surface area contributed by atoms with Crippen LogP contribution in [-0.4, -0.2) is 26.8 Å². The van der Waals surface area contributed by atoms with Crippen LogP contribution in [-0.2, 0) is 11.2 Å². The Morgan fingerprint density at radius 1 is 1.67 bits per heavy atom. The number of rotatable bonds is 4. The number of hydrogen-bond donors (Lipinski definition) is 1. The van der Waals surface area contributed by atoms with Crippen LogP contribution in [0.15, 0.2) is 15.9 Å². The first kappa shape index (κ1) is 11.6. The van der Waals surface area contributed by atoms with Crippen LogP contribution in [0.2, 0.25) is 0 Å². The number of halogens is 1. The molecule has 1 N–H and O–H groups in total. The van der Waals surface area contributed by atoms with E-state index in [0.29, 0.717) is 5.41 Å².